The lowest BCUT2D eigenvalue weighted by atomic mass is 9.81. The maximum absolute atomic E-state index is 13.7. The van der Waals surface area contributed by atoms with Crippen molar-refractivity contribution in [3.8, 4) is 23.2 Å². The highest BCUT2D eigenvalue weighted by atomic mass is 35.5. The van der Waals surface area contributed by atoms with E-state index in [9.17, 15) is 18.4 Å². The van der Waals surface area contributed by atoms with Gasteiger partial charge in [-0.15, -0.1) is 5.10 Å². The van der Waals surface area contributed by atoms with Gasteiger partial charge >= 0.3 is 6.18 Å². The third-order valence-corrected chi connectivity index (χ3v) is 5.46. The number of allylic oxidation sites excluding steroid dienone is 1. The second kappa shape index (κ2) is 7.27. The maximum Gasteiger partial charge on any atom is 0.416 e. The summed E-state index contributed by atoms with van der Waals surface area (Å²) in [6, 6.07) is 11.6. The fraction of sp³-hybridized carbons (Fsp3) is 0.100. The molecule has 0 spiro atoms. The molecule has 1 atom stereocenters. The molecule has 0 unspecified atom stereocenters. The van der Waals surface area contributed by atoms with Crippen LogP contribution in [0.5, 0.6) is 5.88 Å². The number of hydrogen-bond donors (Lipinski definition) is 2. The highest BCUT2D eigenvalue weighted by molar-refractivity contribution is 6.42. The number of nitrogens with zero attached hydrogens (tertiary/aromatic N) is 2. The molecule has 0 amide bonds. The SMILES string of the molecule is N#CC1=C(N)Oc2n[nH]c(-c3ccc(Cl)c(Cl)c3)c2[C@H]1c1ccccc1C(F)(F)F. The van der Waals surface area contributed by atoms with Gasteiger partial charge in [0.15, 0.2) is 0 Å². The van der Waals surface area contributed by atoms with E-state index in [1.807, 2.05) is 6.07 Å². The molecule has 5 nitrogen and oxygen atoms in total. The molecule has 3 N–H and O–H groups in total. The second-order valence-electron chi connectivity index (χ2n) is 6.46. The Balaban J connectivity index is 2.01. The topological polar surface area (TPSA) is 87.7 Å². The molecule has 2 heterocycles. The Bertz CT molecular complexity index is 1230. The summed E-state index contributed by atoms with van der Waals surface area (Å²) in [4.78, 5) is 0. The molecule has 152 valence electrons. The third-order valence-electron chi connectivity index (χ3n) is 4.72. The van der Waals surface area contributed by atoms with Crippen LogP contribution in [0.2, 0.25) is 10.0 Å². The first kappa shape index (κ1) is 20.1. The summed E-state index contributed by atoms with van der Waals surface area (Å²) in [5.41, 5.74) is 5.76. The smallest absolute Gasteiger partial charge is 0.416 e. The summed E-state index contributed by atoms with van der Waals surface area (Å²) in [5.74, 6) is -1.48. The number of aromatic nitrogens is 2. The number of nitrogens with one attached hydrogen (secondary N) is 1. The third kappa shape index (κ3) is 3.26. The number of hydrogen-bond acceptors (Lipinski definition) is 4. The van der Waals surface area contributed by atoms with Gasteiger partial charge in [-0.05, 0) is 23.8 Å². The fourth-order valence-corrected chi connectivity index (χ4v) is 3.73. The van der Waals surface area contributed by atoms with Crippen LogP contribution in [0, 0.1) is 11.3 Å². The molecule has 2 aromatic carbocycles. The van der Waals surface area contributed by atoms with Crippen molar-refractivity contribution >= 4 is 23.2 Å². The molecule has 1 aliphatic heterocycles. The van der Waals surface area contributed by atoms with Gasteiger partial charge in [0.25, 0.3) is 0 Å². The molecule has 0 saturated heterocycles. The summed E-state index contributed by atoms with van der Waals surface area (Å²) < 4.78 is 46.6. The van der Waals surface area contributed by atoms with Crippen molar-refractivity contribution in [1.29, 1.82) is 5.26 Å². The van der Waals surface area contributed by atoms with Crippen LogP contribution in [0.15, 0.2) is 53.9 Å². The summed E-state index contributed by atoms with van der Waals surface area (Å²) in [6.07, 6.45) is -4.64. The van der Waals surface area contributed by atoms with Crippen molar-refractivity contribution in [3.63, 3.8) is 0 Å². The highest BCUT2D eigenvalue weighted by Crippen LogP contribution is 2.48. The zero-order chi connectivity index (χ0) is 21.6. The molecular formula is C20H11Cl2F3N4O. The quantitative estimate of drug-likeness (QED) is 0.530. The molecule has 0 radical (unpaired) electrons. The number of nitriles is 1. The zero-order valence-corrected chi connectivity index (χ0v) is 16.4. The van der Waals surface area contributed by atoms with Gasteiger partial charge in [0, 0.05) is 5.56 Å². The van der Waals surface area contributed by atoms with Crippen LogP contribution in [0.1, 0.15) is 22.6 Å². The van der Waals surface area contributed by atoms with Crippen LogP contribution in [0.3, 0.4) is 0 Å². The normalized spacial score (nSPS) is 16.1. The van der Waals surface area contributed by atoms with Crippen LogP contribution in [-0.4, -0.2) is 10.2 Å². The van der Waals surface area contributed by atoms with Crippen molar-refractivity contribution in [2.75, 3.05) is 0 Å². The first-order chi connectivity index (χ1) is 14.2. The van der Waals surface area contributed by atoms with Crippen molar-refractivity contribution in [2.24, 2.45) is 5.73 Å². The Kier molecular flexibility index (Phi) is 4.88. The van der Waals surface area contributed by atoms with Crippen LogP contribution >= 0.6 is 23.2 Å². The number of ether oxygens (including phenoxy) is 1. The lowest BCUT2D eigenvalue weighted by molar-refractivity contribution is -0.138. The number of nitrogens with two attached hydrogens (primary N) is 1. The second-order valence-corrected chi connectivity index (χ2v) is 7.27. The molecule has 3 aromatic rings. The van der Waals surface area contributed by atoms with Gasteiger partial charge < -0.3 is 10.5 Å². The maximum atomic E-state index is 13.7. The van der Waals surface area contributed by atoms with E-state index in [1.165, 1.54) is 24.3 Å². The number of rotatable bonds is 2. The van der Waals surface area contributed by atoms with Crippen LogP contribution in [-0.2, 0) is 6.18 Å². The predicted molar refractivity (Wildman–Crippen MR) is 105 cm³/mol. The van der Waals surface area contributed by atoms with Gasteiger partial charge in [-0.1, -0.05) is 47.5 Å². The highest BCUT2D eigenvalue weighted by Gasteiger charge is 2.41. The number of aromatic amines is 1. The molecular weight excluding hydrogens is 440 g/mol. The zero-order valence-electron chi connectivity index (χ0n) is 14.9. The van der Waals surface area contributed by atoms with Gasteiger partial charge in [0.2, 0.25) is 11.8 Å². The van der Waals surface area contributed by atoms with Gasteiger partial charge in [0.1, 0.15) is 11.6 Å². The molecule has 1 aromatic heterocycles. The van der Waals surface area contributed by atoms with Crippen LogP contribution in [0.25, 0.3) is 11.3 Å². The van der Waals surface area contributed by atoms with Crippen molar-refractivity contribution in [3.05, 3.63) is 80.7 Å². The lowest BCUT2D eigenvalue weighted by Crippen LogP contribution is -2.23. The Morgan fingerprint density at radius 1 is 1.13 bits per heavy atom. The van der Waals surface area contributed by atoms with E-state index in [0.29, 0.717) is 16.3 Å². The average molecular weight is 451 g/mol. The largest absolute Gasteiger partial charge is 0.420 e. The van der Waals surface area contributed by atoms with E-state index in [1.54, 1.807) is 12.1 Å². The monoisotopic (exact) mass is 450 g/mol. The number of H-pyrrole nitrogens is 1. The summed E-state index contributed by atoms with van der Waals surface area (Å²) in [5, 5.41) is 17.0. The number of benzene rings is 2. The minimum atomic E-state index is -4.64. The fourth-order valence-electron chi connectivity index (χ4n) is 3.43. The Morgan fingerprint density at radius 3 is 2.53 bits per heavy atom. The van der Waals surface area contributed by atoms with Gasteiger partial charge in [0.05, 0.1) is 32.8 Å². The molecule has 0 saturated carbocycles. The first-order valence-corrected chi connectivity index (χ1v) is 9.25. The molecule has 1 aliphatic rings. The lowest BCUT2D eigenvalue weighted by Gasteiger charge is -2.26. The van der Waals surface area contributed by atoms with Crippen LogP contribution < -0.4 is 10.5 Å². The number of halogens is 5. The minimum Gasteiger partial charge on any atom is -0.420 e. The summed E-state index contributed by atoms with van der Waals surface area (Å²) in [7, 11) is 0. The van der Waals surface area contributed by atoms with E-state index < -0.39 is 17.7 Å². The number of alkyl halides is 3. The summed E-state index contributed by atoms with van der Waals surface area (Å²) in [6.45, 7) is 0. The Morgan fingerprint density at radius 2 is 1.87 bits per heavy atom. The molecule has 0 aliphatic carbocycles. The van der Waals surface area contributed by atoms with Gasteiger partial charge in [-0.2, -0.15) is 18.4 Å². The molecule has 0 bridgehead atoms. The van der Waals surface area contributed by atoms with Crippen molar-refractivity contribution in [1.82, 2.24) is 10.2 Å². The van der Waals surface area contributed by atoms with Gasteiger partial charge in [-0.25, -0.2) is 0 Å². The molecule has 10 heteroatoms. The van der Waals surface area contributed by atoms with Crippen molar-refractivity contribution < 1.29 is 17.9 Å². The molecule has 30 heavy (non-hydrogen) atoms. The Labute approximate surface area is 178 Å². The van der Waals surface area contributed by atoms with E-state index in [4.69, 9.17) is 33.7 Å². The number of fused-ring (bicyclic) bond motifs is 1. The van der Waals surface area contributed by atoms with Gasteiger partial charge in [-0.3, -0.25) is 5.10 Å². The van der Waals surface area contributed by atoms with E-state index >= 15 is 0 Å². The van der Waals surface area contributed by atoms with E-state index in [2.05, 4.69) is 10.2 Å². The minimum absolute atomic E-state index is 0.0189. The molecule has 0 fully saturated rings. The van der Waals surface area contributed by atoms with Crippen molar-refractivity contribution in [2.45, 2.75) is 12.1 Å². The predicted octanol–water partition coefficient (Wildman–Crippen LogP) is 5.62. The van der Waals surface area contributed by atoms with E-state index in [0.717, 1.165) is 6.07 Å². The molecule has 4 rings (SSSR count). The average Bonchev–Trinajstić information content (AvgIpc) is 3.11. The Hall–Kier alpha value is -3.15. The summed E-state index contributed by atoms with van der Waals surface area (Å²) >= 11 is 12.1. The first-order valence-electron chi connectivity index (χ1n) is 8.49. The van der Waals surface area contributed by atoms with Crippen LogP contribution in [0.4, 0.5) is 13.2 Å². The van der Waals surface area contributed by atoms with E-state index in [-0.39, 0.29) is 33.5 Å². The standard InChI is InChI=1S/C20H11Cl2F3N4O/c21-13-6-5-9(7-14(13)22)17-16-15(10-3-1-2-4-12(10)20(23,24)25)11(8-26)18(27)30-19(16)29-28-17/h1-7,15H,27H2,(H,28,29)/t15-/m0/s1.